The Hall–Kier alpha value is -5.38. The molecule has 12 rings (SSSR count). The van der Waals surface area contributed by atoms with Crippen molar-refractivity contribution in [2.24, 2.45) is 0 Å². The van der Waals surface area contributed by atoms with E-state index in [9.17, 15) is 0 Å². The SMILES string of the molecule is Brc1ccc(C2CCCCC2)cc1.CC1(C)c2ccccc2-c2ccc(N(c3ccc(C4CCCCC4)cc3)c3ccc(C4CCCCC4)cc3)cc21.CC1(C)c2ccccc2-c2ccc(N)cc21. The van der Waals surface area contributed by atoms with Gasteiger partial charge in [0.2, 0.25) is 0 Å². The van der Waals surface area contributed by atoms with Crippen LogP contribution in [0.4, 0.5) is 22.7 Å². The van der Waals surface area contributed by atoms with Crippen LogP contribution >= 0.6 is 15.9 Å². The van der Waals surface area contributed by atoms with Crippen LogP contribution in [0, 0.1) is 0 Å². The molecule has 2 N–H and O–H groups in total. The fraction of sp³-hybridized carbons (Fsp3) is 0.364. The Morgan fingerprint density at radius 2 is 0.725 bits per heavy atom. The molecule has 5 aliphatic carbocycles. The fourth-order valence-corrected chi connectivity index (χ4v) is 13.1. The van der Waals surface area contributed by atoms with Crippen molar-refractivity contribution in [1.29, 1.82) is 0 Å². The molecule has 2 nitrogen and oxygen atoms in total. The standard InChI is InChI=1S/C39H43N.C15H15N.C12H15Br/c1-39(2)37-16-10-9-15-35(37)36-26-25-34(27-38(36)39)40(32-21-17-30(18-22-32)28-11-5-3-6-12-28)33-23-19-31(20-24-33)29-13-7-4-8-14-29;1-15(2)13-6-4-3-5-11(13)12-8-7-10(16)9-14(12)15;13-12-8-6-11(7-9-12)10-4-2-1-3-5-10/h9-10,15-29H,3-8,11-14H2,1-2H3;3-9H,16H2,1-2H3;6-10H,1-5H2. The van der Waals surface area contributed by atoms with Gasteiger partial charge in [0.25, 0.3) is 0 Å². The number of nitrogens with zero attached hydrogens (tertiary/aromatic N) is 1. The van der Waals surface area contributed by atoms with Gasteiger partial charge in [-0.1, -0.05) is 198 Å². The van der Waals surface area contributed by atoms with E-state index >= 15 is 0 Å². The van der Waals surface area contributed by atoms with E-state index in [0.29, 0.717) is 0 Å². The summed E-state index contributed by atoms with van der Waals surface area (Å²) in [5.41, 5.74) is 26.1. The highest BCUT2D eigenvalue weighted by atomic mass is 79.9. The number of fused-ring (bicyclic) bond motifs is 6. The minimum absolute atomic E-state index is 0.0106. The summed E-state index contributed by atoms with van der Waals surface area (Å²) in [5, 5.41) is 0. The number of benzene rings is 7. The molecule has 3 heteroatoms. The van der Waals surface area contributed by atoms with Crippen LogP contribution in [0.3, 0.4) is 0 Å². The average molecular weight is 974 g/mol. The zero-order valence-corrected chi connectivity index (χ0v) is 43.3. The minimum Gasteiger partial charge on any atom is -0.399 e. The summed E-state index contributed by atoms with van der Waals surface area (Å²) in [7, 11) is 0. The third-order valence-corrected chi connectivity index (χ3v) is 17.4. The number of halogens is 1. The summed E-state index contributed by atoms with van der Waals surface area (Å²) in [5.74, 6) is 2.29. The third kappa shape index (κ3) is 9.88. The zero-order valence-electron chi connectivity index (χ0n) is 41.8. The normalized spacial score (nSPS) is 18.0. The summed E-state index contributed by atoms with van der Waals surface area (Å²) in [4.78, 5) is 2.48. The molecule has 7 aromatic rings. The van der Waals surface area contributed by atoms with E-state index in [1.807, 2.05) is 6.07 Å². The van der Waals surface area contributed by atoms with Gasteiger partial charge in [0, 0.05) is 38.1 Å². The molecule has 0 saturated heterocycles. The smallest absolute Gasteiger partial charge is 0.0465 e. The van der Waals surface area contributed by atoms with Crippen LogP contribution in [0.15, 0.2) is 162 Å². The molecule has 0 unspecified atom stereocenters. The van der Waals surface area contributed by atoms with Gasteiger partial charge in [-0.2, -0.15) is 0 Å². The van der Waals surface area contributed by atoms with Gasteiger partial charge in [0.1, 0.15) is 0 Å². The molecule has 0 radical (unpaired) electrons. The van der Waals surface area contributed by atoms with E-state index in [1.54, 1.807) is 0 Å². The number of nitrogens with two attached hydrogens (primary N) is 1. The van der Waals surface area contributed by atoms with E-state index in [2.05, 4.69) is 200 Å². The molecule has 0 atom stereocenters. The summed E-state index contributed by atoms with van der Waals surface area (Å²) in [6, 6.07) is 58.9. The first-order valence-electron chi connectivity index (χ1n) is 26.6. The van der Waals surface area contributed by atoms with Crippen LogP contribution in [0.2, 0.25) is 0 Å². The molecule has 0 aromatic heterocycles. The van der Waals surface area contributed by atoms with Crippen molar-refractivity contribution in [3.05, 3.63) is 201 Å². The number of rotatable bonds is 6. The van der Waals surface area contributed by atoms with Crippen molar-refractivity contribution >= 4 is 38.7 Å². The first-order chi connectivity index (χ1) is 33.6. The van der Waals surface area contributed by atoms with Gasteiger partial charge >= 0.3 is 0 Å². The molecule has 0 bridgehead atoms. The highest BCUT2D eigenvalue weighted by Crippen LogP contribution is 2.52. The molecule has 3 fully saturated rings. The monoisotopic (exact) mass is 972 g/mol. The lowest BCUT2D eigenvalue weighted by molar-refractivity contribution is 0.443. The summed E-state index contributed by atoms with van der Waals surface area (Å²) in [6.45, 7) is 9.28. The summed E-state index contributed by atoms with van der Waals surface area (Å²) in [6.07, 6.45) is 20.7. The van der Waals surface area contributed by atoms with E-state index in [0.717, 1.165) is 23.4 Å². The fourth-order valence-electron chi connectivity index (χ4n) is 12.8. The van der Waals surface area contributed by atoms with E-state index < -0.39 is 0 Å². The maximum atomic E-state index is 5.89. The predicted molar refractivity (Wildman–Crippen MR) is 299 cm³/mol. The molecule has 5 aliphatic rings. The second kappa shape index (κ2) is 20.5. The van der Waals surface area contributed by atoms with Crippen molar-refractivity contribution in [2.45, 2.75) is 153 Å². The molecule has 0 aliphatic heterocycles. The Labute approximate surface area is 422 Å². The second-order valence-electron chi connectivity index (χ2n) is 22.0. The number of hydrogen-bond acceptors (Lipinski definition) is 2. The van der Waals surface area contributed by atoms with Crippen LogP contribution in [0.25, 0.3) is 22.3 Å². The quantitative estimate of drug-likeness (QED) is 0.168. The number of nitrogen functional groups attached to an aromatic ring is 1. The Morgan fingerprint density at radius 1 is 0.377 bits per heavy atom. The van der Waals surface area contributed by atoms with Crippen LogP contribution in [-0.4, -0.2) is 0 Å². The Bertz CT molecular complexity index is 2770. The van der Waals surface area contributed by atoms with Gasteiger partial charge < -0.3 is 10.6 Å². The lowest BCUT2D eigenvalue weighted by atomic mass is 9.82. The van der Waals surface area contributed by atoms with Crippen molar-refractivity contribution < 1.29 is 0 Å². The lowest BCUT2D eigenvalue weighted by Crippen LogP contribution is -2.16. The molecule has 3 saturated carbocycles. The molecule has 0 heterocycles. The molecular formula is C66H73BrN2. The van der Waals surface area contributed by atoms with Gasteiger partial charge in [-0.25, -0.2) is 0 Å². The second-order valence-corrected chi connectivity index (χ2v) is 22.9. The Kier molecular flexibility index (Phi) is 14.1. The van der Waals surface area contributed by atoms with Gasteiger partial charge in [-0.15, -0.1) is 0 Å². The van der Waals surface area contributed by atoms with E-state index in [-0.39, 0.29) is 10.8 Å². The topological polar surface area (TPSA) is 29.3 Å². The molecular weight excluding hydrogens is 901 g/mol. The maximum absolute atomic E-state index is 5.89. The van der Waals surface area contributed by atoms with Gasteiger partial charge in [-0.05, 0) is 178 Å². The minimum atomic E-state index is -0.0106. The maximum Gasteiger partial charge on any atom is 0.0465 e. The predicted octanol–water partition coefficient (Wildman–Crippen LogP) is 19.6. The van der Waals surface area contributed by atoms with Crippen molar-refractivity contribution in [3.63, 3.8) is 0 Å². The summed E-state index contributed by atoms with van der Waals surface area (Å²) < 4.78 is 1.19. The first-order valence-corrected chi connectivity index (χ1v) is 27.4. The third-order valence-electron chi connectivity index (χ3n) is 16.8. The van der Waals surface area contributed by atoms with E-state index in [1.165, 1.54) is 179 Å². The van der Waals surface area contributed by atoms with Gasteiger partial charge in [0.05, 0.1) is 0 Å². The zero-order chi connectivity index (χ0) is 47.5. The summed E-state index contributed by atoms with van der Waals surface area (Å²) >= 11 is 3.47. The molecule has 69 heavy (non-hydrogen) atoms. The highest BCUT2D eigenvalue weighted by Gasteiger charge is 2.37. The van der Waals surface area contributed by atoms with Crippen molar-refractivity contribution in [3.8, 4) is 22.3 Å². The van der Waals surface area contributed by atoms with E-state index in [4.69, 9.17) is 5.73 Å². The van der Waals surface area contributed by atoms with Gasteiger partial charge in [-0.3, -0.25) is 0 Å². The molecule has 0 amide bonds. The van der Waals surface area contributed by atoms with Gasteiger partial charge in [0.15, 0.2) is 0 Å². The number of hydrogen-bond donors (Lipinski definition) is 1. The van der Waals surface area contributed by atoms with Crippen LogP contribution in [0.1, 0.15) is 181 Å². The Balaban J connectivity index is 0.000000154. The van der Waals surface area contributed by atoms with Crippen molar-refractivity contribution in [2.75, 3.05) is 10.6 Å². The lowest BCUT2D eigenvalue weighted by Gasteiger charge is -2.29. The molecule has 7 aromatic carbocycles. The Morgan fingerprint density at radius 3 is 1.16 bits per heavy atom. The van der Waals surface area contributed by atoms with Crippen LogP contribution < -0.4 is 10.6 Å². The first kappa shape index (κ1) is 47.3. The van der Waals surface area contributed by atoms with Crippen LogP contribution in [-0.2, 0) is 10.8 Å². The average Bonchev–Trinajstić information content (AvgIpc) is 3.77. The van der Waals surface area contributed by atoms with Crippen molar-refractivity contribution in [1.82, 2.24) is 0 Å². The molecule has 354 valence electrons. The largest absolute Gasteiger partial charge is 0.399 e. The highest BCUT2D eigenvalue weighted by molar-refractivity contribution is 9.10. The molecule has 0 spiro atoms. The number of anilines is 4. The van der Waals surface area contributed by atoms with Crippen LogP contribution in [0.5, 0.6) is 0 Å².